The maximum atomic E-state index is 6.14. The van der Waals surface area contributed by atoms with Crippen LogP contribution >= 0.6 is 11.3 Å². The fourth-order valence-electron chi connectivity index (χ4n) is 2.77. The number of hydrogen-bond donors (Lipinski definition) is 0. The first-order valence-electron chi connectivity index (χ1n) is 8.17. The zero-order valence-electron chi connectivity index (χ0n) is 14.4. The minimum Gasteiger partial charge on any atom is -0.399 e. The average molecular weight is 337 g/mol. The number of aromatic nitrogens is 1. The minimum atomic E-state index is -0.346. The molecule has 0 amide bonds. The molecule has 0 radical (unpaired) electrons. The van der Waals surface area contributed by atoms with Crippen molar-refractivity contribution in [1.82, 2.24) is 4.98 Å². The second kappa shape index (κ2) is 5.41. The third-order valence-corrected chi connectivity index (χ3v) is 6.04. The zero-order chi connectivity index (χ0) is 16.9. The first-order chi connectivity index (χ1) is 11.4. The molecular weight excluding hydrogens is 317 g/mol. The summed E-state index contributed by atoms with van der Waals surface area (Å²) in [5.74, 6) is 0. The van der Waals surface area contributed by atoms with Crippen LogP contribution in [0.4, 0.5) is 0 Å². The second-order valence-electron chi connectivity index (χ2n) is 7.20. The quantitative estimate of drug-likeness (QED) is 0.655. The summed E-state index contributed by atoms with van der Waals surface area (Å²) in [5, 5.41) is 1.04. The van der Waals surface area contributed by atoms with Crippen molar-refractivity contribution < 1.29 is 9.31 Å². The van der Waals surface area contributed by atoms with E-state index in [2.05, 4.69) is 58.0 Å². The molecule has 0 saturated carbocycles. The van der Waals surface area contributed by atoms with Crippen molar-refractivity contribution in [3.8, 4) is 10.6 Å². The van der Waals surface area contributed by atoms with Gasteiger partial charge in [0.2, 0.25) is 0 Å². The van der Waals surface area contributed by atoms with Crippen molar-refractivity contribution >= 4 is 34.1 Å². The lowest BCUT2D eigenvalue weighted by Gasteiger charge is -2.32. The largest absolute Gasteiger partial charge is 0.494 e. The van der Waals surface area contributed by atoms with Crippen LogP contribution in [0.2, 0.25) is 0 Å². The van der Waals surface area contributed by atoms with E-state index in [1.54, 1.807) is 11.3 Å². The lowest BCUT2D eigenvalue weighted by atomic mass is 9.79. The molecule has 0 unspecified atom stereocenters. The zero-order valence-corrected chi connectivity index (χ0v) is 15.2. The molecule has 3 nitrogen and oxygen atoms in total. The topological polar surface area (TPSA) is 31.4 Å². The van der Waals surface area contributed by atoms with Crippen molar-refractivity contribution in [2.75, 3.05) is 0 Å². The van der Waals surface area contributed by atoms with Crippen LogP contribution in [0, 0.1) is 0 Å². The van der Waals surface area contributed by atoms with Crippen molar-refractivity contribution in [1.29, 1.82) is 0 Å². The Balaban J connectivity index is 1.70. The van der Waals surface area contributed by atoms with Crippen LogP contribution in [-0.2, 0) is 9.31 Å². The van der Waals surface area contributed by atoms with E-state index in [9.17, 15) is 0 Å². The molecule has 24 heavy (non-hydrogen) atoms. The van der Waals surface area contributed by atoms with Gasteiger partial charge in [-0.2, -0.15) is 0 Å². The first-order valence-corrected chi connectivity index (χ1v) is 8.99. The number of rotatable bonds is 2. The molecule has 1 aliphatic heterocycles. The van der Waals surface area contributed by atoms with Gasteiger partial charge in [-0.25, -0.2) is 4.98 Å². The lowest BCUT2D eigenvalue weighted by molar-refractivity contribution is 0.00578. The van der Waals surface area contributed by atoms with Crippen LogP contribution in [0.5, 0.6) is 0 Å². The molecule has 2 aromatic carbocycles. The molecule has 2 heterocycles. The van der Waals surface area contributed by atoms with Gasteiger partial charge in [-0.15, -0.1) is 11.3 Å². The van der Waals surface area contributed by atoms with Gasteiger partial charge < -0.3 is 9.31 Å². The molecule has 0 atom stereocenters. The van der Waals surface area contributed by atoms with Crippen LogP contribution in [0.15, 0.2) is 48.5 Å². The molecule has 5 heteroatoms. The Morgan fingerprint density at radius 2 is 1.58 bits per heavy atom. The summed E-state index contributed by atoms with van der Waals surface area (Å²) in [5.41, 5.74) is 2.50. The summed E-state index contributed by atoms with van der Waals surface area (Å²) in [6.07, 6.45) is 0. The number of fused-ring (bicyclic) bond motifs is 1. The average Bonchev–Trinajstić information content (AvgIpc) is 3.06. The number of benzene rings is 2. The Bertz CT molecular complexity index is 873. The third-order valence-electron chi connectivity index (χ3n) is 4.96. The lowest BCUT2D eigenvalue weighted by Crippen LogP contribution is -2.41. The highest BCUT2D eigenvalue weighted by atomic mass is 32.1. The Morgan fingerprint density at radius 3 is 2.25 bits per heavy atom. The molecule has 3 aromatic rings. The van der Waals surface area contributed by atoms with E-state index < -0.39 is 0 Å². The summed E-state index contributed by atoms with van der Waals surface area (Å²) in [4.78, 5) is 4.80. The van der Waals surface area contributed by atoms with Gasteiger partial charge in [-0.3, -0.25) is 0 Å². The summed E-state index contributed by atoms with van der Waals surface area (Å²) in [6, 6.07) is 16.6. The van der Waals surface area contributed by atoms with Crippen molar-refractivity contribution in [2.24, 2.45) is 0 Å². The van der Waals surface area contributed by atoms with Crippen molar-refractivity contribution in [3.05, 3.63) is 48.5 Å². The second-order valence-corrected chi connectivity index (χ2v) is 8.23. The highest BCUT2D eigenvalue weighted by molar-refractivity contribution is 7.21. The molecule has 1 saturated heterocycles. The maximum Gasteiger partial charge on any atom is 0.494 e. The fraction of sp³-hybridized carbons (Fsp3) is 0.316. The molecule has 122 valence electrons. The summed E-state index contributed by atoms with van der Waals surface area (Å²) >= 11 is 1.71. The molecule has 1 fully saturated rings. The Labute approximate surface area is 146 Å². The van der Waals surface area contributed by atoms with Crippen LogP contribution in [-0.4, -0.2) is 23.3 Å². The van der Waals surface area contributed by atoms with Crippen LogP contribution in [0.3, 0.4) is 0 Å². The standard InChI is InChI=1S/C19H20BNO2S/c1-18(2)19(3,4)23-20(22-18)14-10-11-16-15(12-14)21-17(24-16)13-8-6-5-7-9-13/h5-12H,1-4H3. The predicted octanol–water partition coefficient (Wildman–Crippen LogP) is 4.26. The highest BCUT2D eigenvalue weighted by Crippen LogP contribution is 2.37. The molecule has 0 aliphatic carbocycles. The molecule has 1 aromatic heterocycles. The summed E-state index contributed by atoms with van der Waals surface area (Å²) in [6.45, 7) is 8.29. The summed E-state index contributed by atoms with van der Waals surface area (Å²) < 4.78 is 13.5. The van der Waals surface area contributed by atoms with Crippen LogP contribution in [0.1, 0.15) is 27.7 Å². The molecule has 4 rings (SSSR count). The number of nitrogens with zero attached hydrogens (tertiary/aromatic N) is 1. The minimum absolute atomic E-state index is 0.329. The number of hydrogen-bond acceptors (Lipinski definition) is 4. The monoisotopic (exact) mass is 337 g/mol. The van der Waals surface area contributed by atoms with E-state index in [1.807, 2.05) is 18.2 Å². The highest BCUT2D eigenvalue weighted by Gasteiger charge is 2.51. The van der Waals surface area contributed by atoms with E-state index >= 15 is 0 Å². The number of thiazole rings is 1. The van der Waals surface area contributed by atoms with Crippen molar-refractivity contribution in [3.63, 3.8) is 0 Å². The predicted molar refractivity (Wildman–Crippen MR) is 101 cm³/mol. The van der Waals surface area contributed by atoms with E-state index in [-0.39, 0.29) is 18.3 Å². The molecular formula is C19H20BNO2S. The van der Waals surface area contributed by atoms with Crippen LogP contribution in [0.25, 0.3) is 20.8 Å². The van der Waals surface area contributed by atoms with E-state index in [0.717, 1.165) is 21.6 Å². The molecule has 0 bridgehead atoms. The van der Waals surface area contributed by atoms with Crippen molar-refractivity contribution in [2.45, 2.75) is 38.9 Å². The third kappa shape index (κ3) is 2.57. The van der Waals surface area contributed by atoms with Gasteiger partial charge in [0.1, 0.15) is 5.01 Å². The first kappa shape index (κ1) is 15.8. The van der Waals surface area contributed by atoms with Gasteiger partial charge in [0.05, 0.1) is 21.4 Å². The SMILES string of the molecule is CC1(C)OB(c2ccc3sc(-c4ccccc4)nc3c2)OC1(C)C. The molecule has 0 N–H and O–H groups in total. The van der Waals surface area contributed by atoms with Gasteiger partial charge in [0.15, 0.2) is 0 Å². The van der Waals surface area contributed by atoms with Gasteiger partial charge in [-0.05, 0) is 45.3 Å². The Kier molecular flexibility index (Phi) is 3.57. The van der Waals surface area contributed by atoms with E-state index in [4.69, 9.17) is 14.3 Å². The van der Waals surface area contributed by atoms with Gasteiger partial charge in [-0.1, -0.05) is 36.4 Å². The normalized spacial score (nSPS) is 19.1. The smallest absolute Gasteiger partial charge is 0.399 e. The van der Waals surface area contributed by atoms with Gasteiger partial charge in [0.25, 0.3) is 0 Å². The molecule has 1 aliphatic rings. The summed E-state index contributed by atoms with van der Waals surface area (Å²) in [7, 11) is -0.346. The van der Waals surface area contributed by atoms with Crippen LogP contribution < -0.4 is 5.46 Å². The van der Waals surface area contributed by atoms with Gasteiger partial charge in [0, 0.05) is 5.56 Å². The molecule has 0 spiro atoms. The maximum absolute atomic E-state index is 6.14. The fourth-order valence-corrected chi connectivity index (χ4v) is 3.73. The van der Waals surface area contributed by atoms with E-state index in [1.165, 1.54) is 4.70 Å². The Hall–Kier alpha value is -1.69. The Morgan fingerprint density at radius 1 is 0.917 bits per heavy atom. The van der Waals surface area contributed by atoms with Gasteiger partial charge >= 0.3 is 7.12 Å². The van der Waals surface area contributed by atoms with E-state index in [0.29, 0.717) is 0 Å².